The van der Waals surface area contributed by atoms with Gasteiger partial charge in [-0.05, 0) is 25.3 Å². The number of alkyl halides is 3. The molecule has 1 saturated heterocycles. The van der Waals surface area contributed by atoms with Crippen molar-refractivity contribution in [2.75, 3.05) is 6.54 Å². The van der Waals surface area contributed by atoms with Crippen molar-refractivity contribution in [1.82, 2.24) is 4.90 Å². The summed E-state index contributed by atoms with van der Waals surface area (Å²) in [4.78, 5) is 24.9. The molecule has 1 heterocycles. The standard InChI is InChI=1S/C17H20F3NO3/c1-11-13(16(23)24)8-5-9-21(11)15(22)10-14(17(18,19)20)12-6-3-2-4-7-12/h2-4,6-7,11,13-14H,5,8-10H2,1H3,(H,23,24)/t11-,13-,14?/m1/s1. The molecule has 1 amide bonds. The molecule has 0 radical (unpaired) electrons. The molecule has 1 unspecified atom stereocenters. The highest BCUT2D eigenvalue weighted by Gasteiger charge is 2.44. The minimum absolute atomic E-state index is 0.0396. The number of carbonyl (C=O) groups excluding carboxylic acids is 1. The van der Waals surface area contributed by atoms with Crippen LogP contribution in [-0.4, -0.2) is 40.6 Å². The van der Waals surface area contributed by atoms with Gasteiger partial charge in [0.2, 0.25) is 5.91 Å². The second-order valence-corrected chi connectivity index (χ2v) is 6.12. The van der Waals surface area contributed by atoms with E-state index in [0.717, 1.165) is 0 Å². The van der Waals surface area contributed by atoms with Gasteiger partial charge in [0.25, 0.3) is 0 Å². The van der Waals surface area contributed by atoms with E-state index in [2.05, 4.69) is 0 Å². The van der Waals surface area contributed by atoms with Crippen LogP contribution in [0.1, 0.15) is 37.7 Å². The lowest BCUT2D eigenvalue weighted by atomic mass is 9.88. The number of carbonyl (C=O) groups is 2. The van der Waals surface area contributed by atoms with E-state index in [9.17, 15) is 27.9 Å². The quantitative estimate of drug-likeness (QED) is 0.911. The summed E-state index contributed by atoms with van der Waals surface area (Å²) in [6.07, 6.45) is -4.33. The number of rotatable bonds is 4. The number of likely N-dealkylation sites (tertiary alicyclic amines) is 1. The van der Waals surface area contributed by atoms with Crippen molar-refractivity contribution in [3.8, 4) is 0 Å². The van der Waals surface area contributed by atoms with Gasteiger partial charge in [-0.25, -0.2) is 0 Å². The van der Waals surface area contributed by atoms with Gasteiger partial charge in [0, 0.05) is 19.0 Å². The number of nitrogens with zero attached hydrogens (tertiary/aromatic N) is 1. The van der Waals surface area contributed by atoms with Gasteiger partial charge in [0.1, 0.15) is 0 Å². The molecule has 0 spiro atoms. The lowest BCUT2D eigenvalue weighted by Gasteiger charge is -2.38. The second kappa shape index (κ2) is 7.23. The first-order chi connectivity index (χ1) is 11.2. The fourth-order valence-electron chi connectivity index (χ4n) is 3.23. The number of halogens is 3. The molecule has 1 N–H and O–H groups in total. The minimum atomic E-state index is -4.54. The number of hydrogen-bond donors (Lipinski definition) is 1. The number of amides is 1. The summed E-state index contributed by atoms with van der Waals surface area (Å²) < 4.78 is 40.1. The van der Waals surface area contributed by atoms with E-state index in [1.54, 1.807) is 13.0 Å². The summed E-state index contributed by atoms with van der Waals surface area (Å²) in [6, 6.07) is 6.72. The van der Waals surface area contributed by atoms with Crippen LogP contribution in [0.25, 0.3) is 0 Å². The predicted molar refractivity (Wildman–Crippen MR) is 81.4 cm³/mol. The highest BCUT2D eigenvalue weighted by atomic mass is 19.4. The lowest BCUT2D eigenvalue weighted by Crippen LogP contribution is -2.49. The monoisotopic (exact) mass is 343 g/mol. The average Bonchev–Trinajstić information content (AvgIpc) is 2.52. The number of aliphatic carboxylic acids is 1. The molecule has 1 fully saturated rings. The first kappa shape index (κ1) is 18.3. The number of hydrogen-bond acceptors (Lipinski definition) is 2. The molecule has 7 heteroatoms. The zero-order chi connectivity index (χ0) is 17.9. The van der Waals surface area contributed by atoms with Gasteiger partial charge in [-0.3, -0.25) is 9.59 Å². The van der Waals surface area contributed by atoms with E-state index in [1.807, 2.05) is 0 Å². The fourth-order valence-corrected chi connectivity index (χ4v) is 3.23. The van der Waals surface area contributed by atoms with Crippen LogP contribution in [0.5, 0.6) is 0 Å². The van der Waals surface area contributed by atoms with E-state index in [1.165, 1.54) is 29.2 Å². The maximum absolute atomic E-state index is 13.4. The summed E-state index contributed by atoms with van der Waals surface area (Å²) in [7, 11) is 0. The maximum atomic E-state index is 13.4. The fraction of sp³-hybridized carbons (Fsp3) is 0.529. The van der Waals surface area contributed by atoms with Gasteiger partial charge in [0.05, 0.1) is 11.8 Å². The van der Waals surface area contributed by atoms with Crippen LogP contribution in [0.3, 0.4) is 0 Å². The molecule has 132 valence electrons. The normalized spacial score (nSPS) is 22.9. The van der Waals surface area contributed by atoms with Gasteiger partial charge < -0.3 is 10.0 Å². The van der Waals surface area contributed by atoms with Gasteiger partial charge in [-0.1, -0.05) is 30.3 Å². The molecule has 24 heavy (non-hydrogen) atoms. The minimum Gasteiger partial charge on any atom is -0.481 e. The SMILES string of the molecule is C[C@@H]1[C@H](C(=O)O)CCCN1C(=O)CC(c1ccccc1)C(F)(F)F. The highest BCUT2D eigenvalue weighted by molar-refractivity contribution is 5.79. The van der Waals surface area contributed by atoms with Crippen molar-refractivity contribution in [2.45, 2.75) is 44.3 Å². The van der Waals surface area contributed by atoms with Crippen LogP contribution in [0, 0.1) is 5.92 Å². The molecule has 0 bridgehead atoms. The van der Waals surface area contributed by atoms with Crippen LogP contribution in [0.4, 0.5) is 13.2 Å². The third-order valence-corrected chi connectivity index (χ3v) is 4.60. The molecule has 0 saturated carbocycles. The zero-order valence-corrected chi connectivity index (χ0v) is 13.3. The summed E-state index contributed by atoms with van der Waals surface area (Å²) in [5, 5.41) is 9.18. The Morgan fingerprint density at radius 2 is 1.92 bits per heavy atom. The molecule has 3 atom stereocenters. The Balaban J connectivity index is 2.17. The van der Waals surface area contributed by atoms with Gasteiger partial charge >= 0.3 is 12.1 Å². The largest absolute Gasteiger partial charge is 0.481 e. The molecule has 2 rings (SSSR count). The Labute approximate surface area is 138 Å². The Bertz CT molecular complexity index is 588. The summed E-state index contributed by atoms with van der Waals surface area (Å²) >= 11 is 0. The molecule has 0 aromatic heterocycles. The van der Waals surface area contributed by atoms with E-state index in [4.69, 9.17) is 0 Å². The van der Waals surface area contributed by atoms with E-state index < -0.39 is 42.4 Å². The van der Waals surface area contributed by atoms with Crippen LogP contribution in [0.15, 0.2) is 30.3 Å². The third-order valence-electron chi connectivity index (χ3n) is 4.60. The molecule has 4 nitrogen and oxygen atoms in total. The molecule has 0 aliphatic carbocycles. The Morgan fingerprint density at radius 3 is 2.46 bits per heavy atom. The number of piperidine rings is 1. The highest BCUT2D eigenvalue weighted by Crippen LogP contribution is 2.38. The van der Waals surface area contributed by atoms with Gasteiger partial charge in [0.15, 0.2) is 0 Å². The van der Waals surface area contributed by atoms with Crippen LogP contribution < -0.4 is 0 Å². The topological polar surface area (TPSA) is 57.6 Å². The summed E-state index contributed by atoms with van der Waals surface area (Å²) in [5.74, 6) is -4.29. The van der Waals surface area contributed by atoms with Crippen molar-refractivity contribution in [3.63, 3.8) is 0 Å². The molecule has 1 aliphatic heterocycles. The lowest BCUT2D eigenvalue weighted by molar-refractivity contribution is -0.164. The van der Waals surface area contributed by atoms with Crippen LogP contribution >= 0.6 is 0 Å². The number of benzene rings is 1. The Hall–Kier alpha value is -2.05. The third kappa shape index (κ3) is 4.07. The van der Waals surface area contributed by atoms with Gasteiger partial charge in [-0.2, -0.15) is 13.2 Å². The van der Waals surface area contributed by atoms with E-state index in [0.29, 0.717) is 19.4 Å². The van der Waals surface area contributed by atoms with Crippen LogP contribution in [-0.2, 0) is 9.59 Å². The van der Waals surface area contributed by atoms with Crippen molar-refractivity contribution in [2.24, 2.45) is 5.92 Å². The summed E-state index contributed by atoms with van der Waals surface area (Å²) in [5.41, 5.74) is 0.0396. The van der Waals surface area contributed by atoms with E-state index in [-0.39, 0.29) is 5.56 Å². The van der Waals surface area contributed by atoms with Gasteiger partial charge in [-0.15, -0.1) is 0 Å². The molecule has 1 aromatic carbocycles. The summed E-state index contributed by atoms with van der Waals surface area (Å²) in [6.45, 7) is 1.88. The van der Waals surface area contributed by atoms with E-state index >= 15 is 0 Å². The second-order valence-electron chi connectivity index (χ2n) is 6.12. The molecular weight excluding hydrogens is 323 g/mol. The molecule has 1 aliphatic rings. The number of carboxylic acid groups (broad SMARTS) is 1. The van der Waals surface area contributed by atoms with Crippen molar-refractivity contribution < 1.29 is 27.9 Å². The first-order valence-electron chi connectivity index (χ1n) is 7.85. The first-order valence-corrected chi connectivity index (χ1v) is 7.85. The molecule has 1 aromatic rings. The Kier molecular flexibility index (Phi) is 5.51. The Morgan fingerprint density at radius 1 is 1.29 bits per heavy atom. The molecular formula is C17H20F3NO3. The number of carboxylic acids is 1. The smallest absolute Gasteiger partial charge is 0.396 e. The van der Waals surface area contributed by atoms with Crippen molar-refractivity contribution >= 4 is 11.9 Å². The van der Waals surface area contributed by atoms with Crippen LogP contribution in [0.2, 0.25) is 0 Å². The van der Waals surface area contributed by atoms with Crippen molar-refractivity contribution in [1.29, 1.82) is 0 Å². The zero-order valence-electron chi connectivity index (χ0n) is 13.3. The van der Waals surface area contributed by atoms with Crippen molar-refractivity contribution in [3.05, 3.63) is 35.9 Å². The maximum Gasteiger partial charge on any atom is 0.396 e. The average molecular weight is 343 g/mol. The predicted octanol–water partition coefficient (Wildman–Crippen LogP) is 3.43.